The molecule has 43 heavy (non-hydrogen) atoms. The Morgan fingerprint density at radius 3 is 1.51 bits per heavy atom. The van der Waals surface area contributed by atoms with E-state index in [0.717, 1.165) is 44.0 Å². The van der Waals surface area contributed by atoms with Gasteiger partial charge in [-0.15, -0.1) is 11.3 Å². The van der Waals surface area contributed by atoms with Crippen LogP contribution in [0.5, 0.6) is 0 Å². The Morgan fingerprint density at radius 2 is 0.860 bits per heavy atom. The van der Waals surface area contributed by atoms with Crippen molar-refractivity contribution < 1.29 is 0 Å². The summed E-state index contributed by atoms with van der Waals surface area (Å²) in [5, 5.41) is 2.33. The van der Waals surface area contributed by atoms with Crippen LogP contribution in [-0.2, 0) is 0 Å². The number of rotatable bonds is 5. The molecule has 0 aliphatic heterocycles. The third kappa shape index (κ3) is 4.80. The van der Waals surface area contributed by atoms with Crippen molar-refractivity contribution >= 4 is 31.6 Å². The van der Waals surface area contributed by atoms with Gasteiger partial charge in [-0.1, -0.05) is 140 Å². The van der Waals surface area contributed by atoms with Crippen LogP contribution in [0.4, 0.5) is 0 Å². The molecule has 0 bridgehead atoms. The van der Waals surface area contributed by atoms with Crippen LogP contribution in [0.2, 0.25) is 0 Å². The molecule has 0 radical (unpaired) electrons. The third-order valence-electron chi connectivity index (χ3n) is 7.93. The molecular formula is C40H26N2S. The van der Waals surface area contributed by atoms with Gasteiger partial charge < -0.3 is 0 Å². The number of benzene rings is 6. The Bertz CT molecular complexity index is 2220. The molecule has 2 aromatic heterocycles. The van der Waals surface area contributed by atoms with E-state index in [1.807, 2.05) is 6.07 Å². The summed E-state index contributed by atoms with van der Waals surface area (Å²) in [6.45, 7) is 0. The molecule has 202 valence electrons. The van der Waals surface area contributed by atoms with Gasteiger partial charge in [0.15, 0.2) is 5.82 Å². The summed E-state index contributed by atoms with van der Waals surface area (Å²) in [5.74, 6) is 0.745. The van der Waals surface area contributed by atoms with Crippen molar-refractivity contribution in [2.24, 2.45) is 0 Å². The molecule has 6 aromatic carbocycles. The van der Waals surface area contributed by atoms with Gasteiger partial charge in [-0.3, -0.25) is 0 Å². The fraction of sp³-hybridized carbons (Fsp3) is 0. The van der Waals surface area contributed by atoms with Gasteiger partial charge in [0.05, 0.1) is 5.69 Å². The van der Waals surface area contributed by atoms with Gasteiger partial charge in [-0.05, 0) is 51.6 Å². The molecule has 8 aromatic rings. The Kier molecular flexibility index (Phi) is 6.36. The highest BCUT2D eigenvalue weighted by Gasteiger charge is 2.17. The summed E-state index contributed by atoms with van der Waals surface area (Å²) in [7, 11) is 0. The van der Waals surface area contributed by atoms with Gasteiger partial charge in [0.2, 0.25) is 0 Å². The zero-order chi connectivity index (χ0) is 28.6. The lowest BCUT2D eigenvalue weighted by Gasteiger charge is -2.10. The van der Waals surface area contributed by atoms with E-state index in [-0.39, 0.29) is 0 Å². The maximum absolute atomic E-state index is 5.18. The highest BCUT2D eigenvalue weighted by atomic mass is 32.1. The number of hydrogen-bond donors (Lipinski definition) is 0. The van der Waals surface area contributed by atoms with Crippen molar-refractivity contribution in [1.29, 1.82) is 0 Å². The second kappa shape index (κ2) is 10.8. The number of fused-ring (bicyclic) bond motifs is 3. The molecule has 0 saturated heterocycles. The quantitative estimate of drug-likeness (QED) is 0.207. The normalized spacial score (nSPS) is 11.3. The molecule has 0 spiro atoms. The van der Waals surface area contributed by atoms with Crippen molar-refractivity contribution in [2.75, 3.05) is 0 Å². The van der Waals surface area contributed by atoms with Crippen LogP contribution in [-0.4, -0.2) is 9.97 Å². The van der Waals surface area contributed by atoms with Crippen LogP contribution < -0.4 is 0 Å². The average Bonchev–Trinajstić information content (AvgIpc) is 3.47. The maximum Gasteiger partial charge on any atom is 0.161 e. The number of aromatic nitrogens is 2. The van der Waals surface area contributed by atoms with Crippen LogP contribution >= 0.6 is 11.3 Å². The number of hydrogen-bond acceptors (Lipinski definition) is 3. The minimum absolute atomic E-state index is 0.745. The monoisotopic (exact) mass is 566 g/mol. The molecule has 0 N–H and O–H groups in total. The molecule has 2 heterocycles. The van der Waals surface area contributed by atoms with Crippen molar-refractivity contribution in [3.8, 4) is 56.0 Å². The minimum atomic E-state index is 0.745. The van der Waals surface area contributed by atoms with Gasteiger partial charge >= 0.3 is 0 Å². The fourth-order valence-electron chi connectivity index (χ4n) is 5.76. The van der Waals surface area contributed by atoms with E-state index in [2.05, 4.69) is 152 Å². The lowest BCUT2D eigenvalue weighted by Crippen LogP contribution is -1.94. The predicted octanol–water partition coefficient (Wildman–Crippen LogP) is 11.2. The van der Waals surface area contributed by atoms with Gasteiger partial charge in [-0.25, -0.2) is 9.97 Å². The second-order valence-corrected chi connectivity index (χ2v) is 11.7. The van der Waals surface area contributed by atoms with Crippen LogP contribution in [0.3, 0.4) is 0 Å². The van der Waals surface area contributed by atoms with Crippen molar-refractivity contribution in [1.82, 2.24) is 9.97 Å². The van der Waals surface area contributed by atoms with E-state index in [4.69, 9.17) is 9.97 Å². The molecule has 0 aliphatic rings. The lowest BCUT2D eigenvalue weighted by molar-refractivity contribution is 1.24. The highest BCUT2D eigenvalue weighted by Crippen LogP contribution is 2.39. The van der Waals surface area contributed by atoms with E-state index in [1.54, 1.807) is 11.3 Å². The zero-order valence-electron chi connectivity index (χ0n) is 23.3. The Morgan fingerprint density at radius 1 is 0.372 bits per heavy atom. The standard InChI is InChI=1S/C40H26N2S/c1-3-11-27(12-4-1)31-15-9-16-32(25-31)28-21-23-29(24-22-28)33-17-10-18-34(26-33)39-41-38(30-13-5-2-6-14-30)37-35-19-7-8-20-36(35)43-40(37)42-39/h1-26H. The van der Waals surface area contributed by atoms with E-state index >= 15 is 0 Å². The van der Waals surface area contributed by atoms with Crippen LogP contribution in [0.1, 0.15) is 0 Å². The number of thiophene rings is 1. The number of nitrogens with zero attached hydrogens (tertiary/aromatic N) is 2. The van der Waals surface area contributed by atoms with E-state index in [9.17, 15) is 0 Å². The fourth-order valence-corrected chi connectivity index (χ4v) is 6.83. The van der Waals surface area contributed by atoms with Gasteiger partial charge in [-0.2, -0.15) is 0 Å². The zero-order valence-corrected chi connectivity index (χ0v) is 24.1. The van der Waals surface area contributed by atoms with E-state index < -0.39 is 0 Å². The summed E-state index contributed by atoms with van der Waals surface area (Å²) in [4.78, 5) is 11.3. The Labute approximate surface area is 254 Å². The first kappa shape index (κ1) is 25.3. The first-order valence-electron chi connectivity index (χ1n) is 14.4. The summed E-state index contributed by atoms with van der Waals surface area (Å²) < 4.78 is 1.23. The van der Waals surface area contributed by atoms with Crippen LogP contribution in [0.15, 0.2) is 158 Å². The molecule has 0 fully saturated rings. The Hall–Kier alpha value is -5.38. The predicted molar refractivity (Wildman–Crippen MR) is 182 cm³/mol. The lowest BCUT2D eigenvalue weighted by atomic mass is 9.96. The van der Waals surface area contributed by atoms with Gasteiger partial charge in [0, 0.05) is 26.6 Å². The van der Waals surface area contributed by atoms with Crippen molar-refractivity contribution in [2.45, 2.75) is 0 Å². The summed E-state index contributed by atoms with van der Waals surface area (Å²) in [6.07, 6.45) is 0. The van der Waals surface area contributed by atoms with Crippen molar-refractivity contribution in [3.05, 3.63) is 158 Å². The van der Waals surface area contributed by atoms with Crippen LogP contribution in [0, 0.1) is 0 Å². The summed E-state index contributed by atoms with van der Waals surface area (Å²) >= 11 is 1.73. The maximum atomic E-state index is 5.18. The third-order valence-corrected chi connectivity index (χ3v) is 8.99. The van der Waals surface area contributed by atoms with Crippen LogP contribution in [0.25, 0.3) is 76.3 Å². The Balaban J connectivity index is 1.17. The SMILES string of the molecule is c1ccc(-c2cccc(-c3ccc(-c4cccc(-c5nc(-c6ccccc6)c6c(n5)sc5ccccc56)c4)cc3)c2)cc1. The molecule has 8 rings (SSSR count). The molecular weight excluding hydrogens is 541 g/mol. The summed E-state index contributed by atoms with van der Waals surface area (Å²) in [5.41, 5.74) is 10.2. The molecule has 0 atom stereocenters. The first-order chi connectivity index (χ1) is 21.3. The minimum Gasteiger partial charge on any atom is -0.227 e. The average molecular weight is 567 g/mol. The van der Waals surface area contributed by atoms with Gasteiger partial charge in [0.1, 0.15) is 4.83 Å². The smallest absolute Gasteiger partial charge is 0.161 e. The first-order valence-corrected chi connectivity index (χ1v) is 15.2. The van der Waals surface area contributed by atoms with Gasteiger partial charge in [0.25, 0.3) is 0 Å². The largest absolute Gasteiger partial charge is 0.227 e. The molecule has 2 nitrogen and oxygen atoms in total. The molecule has 0 aliphatic carbocycles. The second-order valence-electron chi connectivity index (χ2n) is 10.6. The molecule has 0 saturated carbocycles. The van der Waals surface area contributed by atoms with Crippen molar-refractivity contribution in [3.63, 3.8) is 0 Å². The topological polar surface area (TPSA) is 25.8 Å². The van der Waals surface area contributed by atoms with E-state index in [0.29, 0.717) is 0 Å². The molecule has 0 amide bonds. The summed E-state index contributed by atoms with van der Waals surface area (Å²) in [6, 6.07) is 55.6. The molecule has 0 unspecified atom stereocenters. The highest BCUT2D eigenvalue weighted by molar-refractivity contribution is 7.25. The molecule has 3 heteroatoms. The van der Waals surface area contributed by atoms with E-state index in [1.165, 1.54) is 32.3 Å².